The third-order valence-electron chi connectivity index (χ3n) is 4.04. The molecule has 1 aromatic carbocycles. The molecule has 0 amide bonds. The summed E-state index contributed by atoms with van der Waals surface area (Å²) in [7, 11) is 1.95. The average molecular weight is 401 g/mol. The smallest absolute Gasteiger partial charge is 0.302 e. The Kier molecular flexibility index (Phi) is 7.16. The van der Waals surface area contributed by atoms with Gasteiger partial charge in [0.15, 0.2) is 0 Å². The van der Waals surface area contributed by atoms with Gasteiger partial charge in [-0.25, -0.2) is 4.98 Å². The topological polar surface area (TPSA) is 76.6 Å². The summed E-state index contributed by atoms with van der Waals surface area (Å²) in [6, 6.07) is 12.1. The maximum atomic E-state index is 10.9. The van der Waals surface area contributed by atoms with E-state index in [4.69, 9.17) is 9.47 Å². The molecule has 3 aromatic rings. The lowest BCUT2D eigenvalue weighted by atomic mass is 10.2. The standard InChI is InChI=1S/C20H24N4O3S/c1-15(25)27-11-9-21-18-17-8-13-28-19(17)23-20(22-18)24(2)10-12-26-14-16-6-4-3-5-7-16/h3-8,13H,9-12,14H2,1-2H3,(H,21,22,23). The van der Waals surface area contributed by atoms with Crippen LogP contribution in [0.3, 0.4) is 0 Å². The summed E-state index contributed by atoms with van der Waals surface area (Å²) in [4.78, 5) is 23.1. The van der Waals surface area contributed by atoms with Crippen molar-refractivity contribution in [3.05, 3.63) is 47.3 Å². The molecule has 0 spiro atoms. The van der Waals surface area contributed by atoms with E-state index < -0.39 is 0 Å². The first kappa shape index (κ1) is 20.0. The maximum Gasteiger partial charge on any atom is 0.302 e. The van der Waals surface area contributed by atoms with Crippen molar-refractivity contribution in [2.24, 2.45) is 0 Å². The SMILES string of the molecule is CC(=O)OCCNc1nc(N(C)CCOCc2ccccc2)nc2sccc12. The molecule has 28 heavy (non-hydrogen) atoms. The number of hydrogen-bond acceptors (Lipinski definition) is 8. The van der Waals surface area contributed by atoms with Gasteiger partial charge in [-0.2, -0.15) is 4.98 Å². The van der Waals surface area contributed by atoms with Crippen molar-refractivity contribution >= 4 is 39.3 Å². The molecule has 0 fully saturated rings. The van der Waals surface area contributed by atoms with Crippen molar-refractivity contribution in [1.82, 2.24) is 9.97 Å². The number of benzene rings is 1. The number of carbonyl (C=O) groups excluding carboxylic acids is 1. The van der Waals surface area contributed by atoms with E-state index in [1.807, 2.05) is 53.7 Å². The first-order chi connectivity index (χ1) is 13.6. The Bertz CT molecular complexity index is 901. The van der Waals surface area contributed by atoms with Crippen molar-refractivity contribution in [2.45, 2.75) is 13.5 Å². The quantitative estimate of drug-likeness (QED) is 0.413. The van der Waals surface area contributed by atoms with E-state index in [2.05, 4.69) is 15.3 Å². The molecule has 0 aliphatic carbocycles. The first-order valence-corrected chi connectivity index (χ1v) is 9.97. The highest BCUT2D eigenvalue weighted by Crippen LogP contribution is 2.27. The van der Waals surface area contributed by atoms with E-state index in [9.17, 15) is 4.79 Å². The van der Waals surface area contributed by atoms with Crippen LogP contribution in [0.2, 0.25) is 0 Å². The second-order valence-electron chi connectivity index (χ2n) is 6.24. The summed E-state index contributed by atoms with van der Waals surface area (Å²) in [6.07, 6.45) is 0. The van der Waals surface area contributed by atoms with Crippen LogP contribution >= 0.6 is 11.3 Å². The van der Waals surface area contributed by atoms with Gasteiger partial charge in [-0.15, -0.1) is 11.3 Å². The van der Waals surface area contributed by atoms with Crippen LogP contribution in [0.4, 0.5) is 11.8 Å². The lowest BCUT2D eigenvalue weighted by Gasteiger charge is -2.18. The highest BCUT2D eigenvalue weighted by atomic mass is 32.1. The molecule has 0 aliphatic rings. The van der Waals surface area contributed by atoms with Gasteiger partial charge in [0.05, 0.1) is 25.1 Å². The molecule has 0 bridgehead atoms. The molecule has 7 nitrogen and oxygen atoms in total. The predicted molar refractivity (Wildman–Crippen MR) is 112 cm³/mol. The van der Waals surface area contributed by atoms with Gasteiger partial charge in [-0.3, -0.25) is 4.79 Å². The van der Waals surface area contributed by atoms with E-state index in [1.54, 1.807) is 11.3 Å². The van der Waals surface area contributed by atoms with Crippen LogP contribution in [0.1, 0.15) is 12.5 Å². The third kappa shape index (κ3) is 5.64. The van der Waals surface area contributed by atoms with Gasteiger partial charge >= 0.3 is 5.97 Å². The Labute approximate surface area is 168 Å². The van der Waals surface area contributed by atoms with Crippen molar-refractivity contribution < 1.29 is 14.3 Å². The minimum atomic E-state index is -0.291. The lowest BCUT2D eigenvalue weighted by molar-refractivity contribution is -0.140. The van der Waals surface area contributed by atoms with Crippen LogP contribution in [-0.2, 0) is 20.9 Å². The van der Waals surface area contributed by atoms with Crippen LogP contribution in [0.25, 0.3) is 10.2 Å². The molecule has 1 N–H and O–H groups in total. The maximum absolute atomic E-state index is 10.9. The number of carbonyl (C=O) groups is 1. The number of hydrogen-bond donors (Lipinski definition) is 1. The highest BCUT2D eigenvalue weighted by Gasteiger charge is 2.12. The van der Waals surface area contributed by atoms with Gasteiger partial charge in [-0.05, 0) is 17.0 Å². The average Bonchev–Trinajstić information content (AvgIpc) is 3.17. The van der Waals surface area contributed by atoms with Gasteiger partial charge in [-0.1, -0.05) is 30.3 Å². The molecule has 2 heterocycles. The molecule has 0 saturated heterocycles. The van der Waals surface area contributed by atoms with Crippen molar-refractivity contribution in [2.75, 3.05) is 43.6 Å². The highest BCUT2D eigenvalue weighted by molar-refractivity contribution is 7.16. The number of aromatic nitrogens is 2. The molecule has 3 rings (SSSR count). The summed E-state index contributed by atoms with van der Waals surface area (Å²) in [5, 5.41) is 6.19. The zero-order valence-electron chi connectivity index (χ0n) is 16.1. The number of likely N-dealkylation sites (N-methyl/N-ethyl adjacent to an activating group) is 1. The zero-order chi connectivity index (χ0) is 19.8. The second-order valence-corrected chi connectivity index (χ2v) is 7.13. The molecular weight excluding hydrogens is 376 g/mol. The largest absolute Gasteiger partial charge is 0.464 e. The Morgan fingerprint density at radius 2 is 2.00 bits per heavy atom. The number of nitrogens with one attached hydrogen (secondary N) is 1. The molecule has 0 radical (unpaired) electrons. The molecule has 148 valence electrons. The van der Waals surface area contributed by atoms with E-state index in [0.717, 1.165) is 21.6 Å². The Morgan fingerprint density at radius 1 is 1.18 bits per heavy atom. The van der Waals surface area contributed by atoms with Crippen LogP contribution in [0, 0.1) is 0 Å². The fourth-order valence-corrected chi connectivity index (χ4v) is 3.34. The summed E-state index contributed by atoms with van der Waals surface area (Å²) in [5.74, 6) is 1.08. The fourth-order valence-electron chi connectivity index (χ4n) is 2.58. The molecular formula is C20H24N4O3S. The number of nitrogens with zero attached hydrogens (tertiary/aromatic N) is 3. The molecule has 8 heteroatoms. The summed E-state index contributed by atoms with van der Waals surface area (Å²) >= 11 is 1.57. The van der Waals surface area contributed by atoms with Crippen LogP contribution in [0.15, 0.2) is 41.8 Å². The number of thiophene rings is 1. The van der Waals surface area contributed by atoms with Gasteiger partial charge in [0.1, 0.15) is 17.3 Å². The van der Waals surface area contributed by atoms with Gasteiger partial charge < -0.3 is 19.7 Å². The minimum Gasteiger partial charge on any atom is -0.464 e. The van der Waals surface area contributed by atoms with E-state index in [1.165, 1.54) is 6.92 Å². The summed E-state index contributed by atoms with van der Waals surface area (Å²) < 4.78 is 10.7. The summed E-state index contributed by atoms with van der Waals surface area (Å²) in [6.45, 7) is 4.02. The van der Waals surface area contributed by atoms with Gasteiger partial charge in [0.2, 0.25) is 5.95 Å². The van der Waals surface area contributed by atoms with Crippen molar-refractivity contribution in [3.8, 4) is 0 Å². The second kappa shape index (κ2) is 10.0. The van der Waals surface area contributed by atoms with Crippen LogP contribution < -0.4 is 10.2 Å². The Morgan fingerprint density at radius 3 is 2.79 bits per heavy atom. The monoisotopic (exact) mass is 400 g/mol. The number of ether oxygens (including phenoxy) is 2. The van der Waals surface area contributed by atoms with Gasteiger partial charge in [0, 0.05) is 20.5 Å². The molecule has 0 unspecified atom stereocenters. The van der Waals surface area contributed by atoms with Crippen molar-refractivity contribution in [1.29, 1.82) is 0 Å². The zero-order valence-corrected chi connectivity index (χ0v) is 16.9. The number of anilines is 2. The third-order valence-corrected chi connectivity index (χ3v) is 4.84. The fraction of sp³-hybridized carbons (Fsp3) is 0.350. The molecule has 0 aliphatic heterocycles. The molecule has 0 atom stereocenters. The lowest BCUT2D eigenvalue weighted by Crippen LogP contribution is -2.25. The molecule has 2 aromatic heterocycles. The van der Waals surface area contributed by atoms with Crippen LogP contribution in [-0.4, -0.2) is 49.3 Å². The van der Waals surface area contributed by atoms with Crippen LogP contribution in [0.5, 0.6) is 0 Å². The first-order valence-electron chi connectivity index (χ1n) is 9.09. The van der Waals surface area contributed by atoms with Crippen molar-refractivity contribution in [3.63, 3.8) is 0 Å². The Hall–Kier alpha value is -2.71. The minimum absolute atomic E-state index is 0.291. The number of rotatable bonds is 10. The van der Waals surface area contributed by atoms with E-state index in [-0.39, 0.29) is 5.97 Å². The normalized spacial score (nSPS) is 10.8. The predicted octanol–water partition coefficient (Wildman–Crippen LogP) is 3.32. The molecule has 0 saturated carbocycles. The Balaban J connectivity index is 1.57. The van der Waals surface area contributed by atoms with E-state index >= 15 is 0 Å². The van der Waals surface area contributed by atoms with Gasteiger partial charge in [0.25, 0.3) is 0 Å². The van der Waals surface area contributed by atoms with E-state index in [0.29, 0.717) is 38.9 Å². The number of esters is 1. The number of fused-ring (bicyclic) bond motifs is 1. The summed E-state index contributed by atoms with van der Waals surface area (Å²) in [5.41, 5.74) is 1.15.